The molecule has 0 unspecified atom stereocenters. The predicted molar refractivity (Wildman–Crippen MR) is 112 cm³/mol. The fourth-order valence-corrected chi connectivity index (χ4v) is 5.55. The van der Waals surface area contributed by atoms with Gasteiger partial charge in [0.25, 0.3) is 0 Å². The van der Waals surface area contributed by atoms with Crippen LogP contribution in [0.15, 0.2) is 41.4 Å². The highest BCUT2D eigenvalue weighted by molar-refractivity contribution is 7.89. The summed E-state index contributed by atoms with van der Waals surface area (Å²) in [5.74, 6) is -0.193. The van der Waals surface area contributed by atoms with Gasteiger partial charge < -0.3 is 4.74 Å². The van der Waals surface area contributed by atoms with Crippen molar-refractivity contribution in [1.82, 2.24) is 13.7 Å². The number of carbonyl (C=O) groups excluding carboxylic acids is 1. The number of allylic oxidation sites excluding steroid dienone is 1. The molecule has 3 aromatic rings. The van der Waals surface area contributed by atoms with Crippen LogP contribution in [-0.2, 0) is 14.8 Å². The van der Waals surface area contributed by atoms with E-state index in [-0.39, 0.29) is 10.7 Å². The molecule has 152 valence electrons. The number of morpholine rings is 1. The van der Waals surface area contributed by atoms with Gasteiger partial charge in [-0.3, -0.25) is 9.20 Å². The molecule has 0 saturated carbocycles. The molecule has 0 atom stereocenters. The van der Waals surface area contributed by atoms with Crippen LogP contribution in [0.5, 0.6) is 0 Å². The maximum atomic E-state index is 12.7. The van der Waals surface area contributed by atoms with Crippen molar-refractivity contribution in [2.45, 2.75) is 18.7 Å². The molecule has 0 aliphatic carbocycles. The fourth-order valence-electron chi connectivity index (χ4n) is 3.26. The highest BCUT2D eigenvalue weighted by Crippen LogP contribution is 2.22. The van der Waals surface area contributed by atoms with Crippen molar-refractivity contribution in [3.05, 3.63) is 58.4 Å². The topological polar surface area (TPSA) is 81.0 Å². The van der Waals surface area contributed by atoms with E-state index in [1.807, 2.05) is 24.4 Å². The zero-order chi connectivity index (χ0) is 20.6. The number of nitrogens with zero attached hydrogens (tertiary/aromatic N) is 3. The fraction of sp³-hybridized carbons (Fsp3) is 0.300. The number of ether oxygens (including phenoxy) is 1. The van der Waals surface area contributed by atoms with Gasteiger partial charge in [-0.1, -0.05) is 0 Å². The molecule has 1 saturated heterocycles. The van der Waals surface area contributed by atoms with Crippen molar-refractivity contribution < 1.29 is 17.9 Å². The summed E-state index contributed by atoms with van der Waals surface area (Å²) >= 11 is 1.60. The minimum absolute atomic E-state index is 0.182. The van der Waals surface area contributed by atoms with E-state index in [9.17, 15) is 13.2 Å². The molecule has 1 fully saturated rings. The Kier molecular flexibility index (Phi) is 5.39. The van der Waals surface area contributed by atoms with Gasteiger partial charge in [0, 0.05) is 29.7 Å². The quantitative estimate of drug-likeness (QED) is 0.458. The van der Waals surface area contributed by atoms with E-state index in [4.69, 9.17) is 4.74 Å². The molecule has 29 heavy (non-hydrogen) atoms. The molecule has 1 aliphatic heterocycles. The number of sulfonamides is 1. The summed E-state index contributed by atoms with van der Waals surface area (Å²) in [7, 11) is -3.57. The monoisotopic (exact) mass is 431 g/mol. The highest BCUT2D eigenvalue weighted by Gasteiger charge is 2.26. The number of imidazole rings is 1. The Balaban J connectivity index is 1.53. The number of aromatic nitrogens is 2. The van der Waals surface area contributed by atoms with Crippen LogP contribution in [0, 0.1) is 13.8 Å². The lowest BCUT2D eigenvalue weighted by molar-refractivity contribution is 0.0730. The third-order valence-corrected chi connectivity index (χ3v) is 7.61. The van der Waals surface area contributed by atoms with E-state index in [1.54, 1.807) is 29.5 Å². The van der Waals surface area contributed by atoms with E-state index in [2.05, 4.69) is 4.98 Å². The predicted octanol–water partition coefficient (Wildman–Crippen LogP) is 2.93. The van der Waals surface area contributed by atoms with E-state index in [0.717, 1.165) is 21.2 Å². The molecule has 0 spiro atoms. The maximum Gasteiger partial charge on any atom is 0.243 e. The highest BCUT2D eigenvalue weighted by atomic mass is 32.2. The number of carbonyl (C=O) groups is 1. The van der Waals surface area contributed by atoms with Gasteiger partial charge in [-0.2, -0.15) is 4.31 Å². The van der Waals surface area contributed by atoms with E-state index >= 15 is 0 Å². The van der Waals surface area contributed by atoms with Gasteiger partial charge in [-0.25, -0.2) is 13.4 Å². The number of hydrogen-bond donors (Lipinski definition) is 0. The maximum absolute atomic E-state index is 12.7. The Morgan fingerprint density at radius 1 is 1.17 bits per heavy atom. The molecule has 3 heterocycles. The molecule has 4 rings (SSSR count). The summed E-state index contributed by atoms with van der Waals surface area (Å²) in [6.45, 7) is 5.39. The van der Waals surface area contributed by atoms with Crippen molar-refractivity contribution >= 4 is 38.2 Å². The number of hydrogen-bond acceptors (Lipinski definition) is 6. The molecule has 1 aromatic carbocycles. The summed E-state index contributed by atoms with van der Waals surface area (Å²) in [5, 5.41) is 0. The Morgan fingerprint density at radius 2 is 1.86 bits per heavy atom. The lowest BCUT2D eigenvalue weighted by atomic mass is 10.1. The number of thiazole rings is 1. The second kappa shape index (κ2) is 7.83. The van der Waals surface area contributed by atoms with Gasteiger partial charge in [-0.15, -0.1) is 11.3 Å². The van der Waals surface area contributed by atoms with E-state index < -0.39 is 10.0 Å². The summed E-state index contributed by atoms with van der Waals surface area (Å²) in [5.41, 5.74) is 2.15. The van der Waals surface area contributed by atoms with Gasteiger partial charge in [-0.05, 0) is 50.3 Å². The van der Waals surface area contributed by atoms with Gasteiger partial charge >= 0.3 is 0 Å². The van der Waals surface area contributed by atoms with E-state index in [1.165, 1.54) is 22.5 Å². The second-order valence-electron chi connectivity index (χ2n) is 6.82. The molecule has 0 radical (unpaired) electrons. The molecule has 0 N–H and O–H groups in total. The van der Waals surface area contributed by atoms with Gasteiger partial charge in [0.05, 0.1) is 29.5 Å². The van der Waals surface area contributed by atoms with Crippen molar-refractivity contribution in [3.63, 3.8) is 0 Å². The van der Waals surface area contributed by atoms with Crippen LogP contribution in [0.2, 0.25) is 0 Å². The molecule has 0 bridgehead atoms. The first-order chi connectivity index (χ1) is 13.9. The molecular formula is C20H21N3O4S2. The van der Waals surface area contributed by atoms with Crippen molar-refractivity contribution in [2.75, 3.05) is 26.3 Å². The molecule has 2 aromatic heterocycles. The number of benzene rings is 1. The molecule has 9 heteroatoms. The van der Waals surface area contributed by atoms with Crippen LogP contribution in [0.4, 0.5) is 0 Å². The molecule has 1 aliphatic rings. The average Bonchev–Trinajstić information content (AvgIpc) is 3.21. The summed E-state index contributed by atoms with van der Waals surface area (Å²) in [6, 6.07) is 6.06. The lowest BCUT2D eigenvalue weighted by Crippen LogP contribution is -2.40. The standard InChI is InChI=1S/C20H21N3O4S2/c1-14-13-23-18(15(2)21-20(23)28-14)7-8-19(24)16-3-5-17(6-4-16)29(25,26)22-9-11-27-12-10-22/h3-8,13H,9-12H2,1-2H3. The number of fused-ring (bicyclic) bond motifs is 1. The van der Waals surface area contributed by atoms with Crippen LogP contribution >= 0.6 is 11.3 Å². The number of aryl methyl sites for hydroxylation is 2. The SMILES string of the molecule is Cc1cn2c(C=CC(=O)c3ccc(S(=O)(=O)N4CCOCC4)cc3)c(C)nc2s1. The summed E-state index contributed by atoms with van der Waals surface area (Å²) in [6.07, 6.45) is 5.24. The largest absolute Gasteiger partial charge is 0.379 e. The zero-order valence-corrected chi connectivity index (χ0v) is 17.8. The lowest BCUT2D eigenvalue weighted by Gasteiger charge is -2.26. The van der Waals surface area contributed by atoms with Gasteiger partial charge in [0.2, 0.25) is 10.0 Å². The number of ketones is 1. The number of rotatable bonds is 5. The first-order valence-corrected chi connectivity index (χ1v) is 11.5. The van der Waals surface area contributed by atoms with Gasteiger partial charge in [0.1, 0.15) is 0 Å². The van der Waals surface area contributed by atoms with Crippen LogP contribution in [0.3, 0.4) is 0 Å². The van der Waals surface area contributed by atoms with Crippen molar-refractivity contribution in [3.8, 4) is 0 Å². The van der Waals surface area contributed by atoms with Crippen LogP contribution in [0.1, 0.15) is 26.6 Å². The first kappa shape index (κ1) is 20.0. The molecule has 0 amide bonds. The van der Waals surface area contributed by atoms with Gasteiger partial charge in [0.15, 0.2) is 10.7 Å². The van der Waals surface area contributed by atoms with Crippen LogP contribution in [0.25, 0.3) is 11.0 Å². The Hall–Kier alpha value is -2.33. The Bertz CT molecular complexity index is 1180. The third kappa shape index (κ3) is 3.91. The summed E-state index contributed by atoms with van der Waals surface area (Å²) in [4.78, 5) is 19.3. The van der Waals surface area contributed by atoms with Crippen LogP contribution < -0.4 is 0 Å². The normalized spacial score (nSPS) is 16.1. The smallest absolute Gasteiger partial charge is 0.243 e. The van der Waals surface area contributed by atoms with Crippen molar-refractivity contribution in [2.24, 2.45) is 0 Å². The Labute approximate surface area is 173 Å². The summed E-state index contributed by atoms with van der Waals surface area (Å²) < 4.78 is 33.9. The van der Waals surface area contributed by atoms with Crippen molar-refractivity contribution in [1.29, 1.82) is 0 Å². The molecule has 7 nitrogen and oxygen atoms in total. The van der Waals surface area contributed by atoms with E-state index in [0.29, 0.717) is 31.9 Å². The second-order valence-corrected chi connectivity index (χ2v) is 9.97. The molecular weight excluding hydrogens is 410 g/mol. The Morgan fingerprint density at radius 3 is 2.55 bits per heavy atom. The first-order valence-electron chi connectivity index (χ1n) is 9.22. The minimum Gasteiger partial charge on any atom is -0.379 e. The average molecular weight is 432 g/mol. The third-order valence-electron chi connectivity index (χ3n) is 4.80. The zero-order valence-electron chi connectivity index (χ0n) is 16.2. The van der Waals surface area contributed by atoms with Crippen LogP contribution in [-0.4, -0.2) is 54.2 Å². The minimum atomic E-state index is -3.57.